The number of benzene rings is 1. The molecule has 1 aromatic carbocycles. The van der Waals surface area contributed by atoms with E-state index in [0.29, 0.717) is 23.7 Å². The van der Waals surface area contributed by atoms with Crippen LogP contribution in [0.4, 0.5) is 17.3 Å². The molecule has 98 valence electrons. The van der Waals surface area contributed by atoms with Crippen LogP contribution in [-0.2, 0) is 6.42 Å². The molecular weight excluding hydrogens is 252 g/mol. The molecule has 0 saturated heterocycles. The summed E-state index contributed by atoms with van der Waals surface area (Å²) in [6.07, 6.45) is 5.62. The van der Waals surface area contributed by atoms with Gasteiger partial charge in [0.05, 0.1) is 18.7 Å². The highest BCUT2D eigenvalue weighted by Gasteiger charge is 2.06. The van der Waals surface area contributed by atoms with Gasteiger partial charge < -0.3 is 15.5 Å². The van der Waals surface area contributed by atoms with E-state index in [0.717, 1.165) is 11.3 Å². The van der Waals surface area contributed by atoms with E-state index in [1.54, 1.807) is 12.4 Å². The molecule has 0 aliphatic rings. The van der Waals surface area contributed by atoms with E-state index in [-0.39, 0.29) is 0 Å². The molecule has 0 bridgehead atoms. The Morgan fingerprint density at radius 3 is 2.85 bits per heavy atom. The lowest BCUT2D eigenvalue weighted by Crippen LogP contribution is -2.01. The summed E-state index contributed by atoms with van der Waals surface area (Å²) < 4.78 is 1.81. The molecule has 3 aromatic rings. The third kappa shape index (κ3) is 2.24. The van der Waals surface area contributed by atoms with E-state index < -0.39 is 0 Å². The lowest BCUT2D eigenvalue weighted by molar-refractivity contribution is 1.14. The number of hydrogen-bond donors (Lipinski definition) is 2. The third-order valence-electron chi connectivity index (χ3n) is 2.89. The zero-order valence-electron chi connectivity index (χ0n) is 10.6. The smallest absolute Gasteiger partial charge is 0.180 e. The summed E-state index contributed by atoms with van der Waals surface area (Å²) in [6.45, 7) is 0. The van der Waals surface area contributed by atoms with Crippen molar-refractivity contribution in [3.05, 3.63) is 48.4 Å². The number of hydrogen-bond acceptors (Lipinski definition) is 5. The number of nitrogens with zero attached hydrogens (tertiary/aromatic N) is 4. The van der Waals surface area contributed by atoms with Crippen molar-refractivity contribution in [2.75, 3.05) is 11.1 Å². The van der Waals surface area contributed by atoms with Crippen LogP contribution < -0.4 is 11.1 Å². The van der Waals surface area contributed by atoms with Crippen LogP contribution in [0, 0.1) is 11.3 Å². The zero-order chi connectivity index (χ0) is 13.9. The number of aromatic nitrogens is 3. The van der Waals surface area contributed by atoms with Gasteiger partial charge in [-0.1, -0.05) is 12.1 Å². The third-order valence-corrected chi connectivity index (χ3v) is 2.89. The van der Waals surface area contributed by atoms with Gasteiger partial charge >= 0.3 is 0 Å². The number of imidazole rings is 1. The van der Waals surface area contributed by atoms with Gasteiger partial charge in [0.1, 0.15) is 5.82 Å². The topological polar surface area (TPSA) is 92.0 Å². The summed E-state index contributed by atoms with van der Waals surface area (Å²) >= 11 is 0. The van der Waals surface area contributed by atoms with Crippen molar-refractivity contribution < 1.29 is 0 Å². The fraction of sp³-hybridized carbons (Fsp3) is 0.0714. The molecule has 6 nitrogen and oxygen atoms in total. The van der Waals surface area contributed by atoms with Gasteiger partial charge in [0, 0.05) is 18.1 Å². The Morgan fingerprint density at radius 2 is 2.10 bits per heavy atom. The average molecular weight is 264 g/mol. The first kappa shape index (κ1) is 12.0. The number of nitrogen functional groups attached to an aromatic ring is 1. The van der Waals surface area contributed by atoms with E-state index in [4.69, 9.17) is 11.0 Å². The highest BCUT2D eigenvalue weighted by Crippen LogP contribution is 2.20. The highest BCUT2D eigenvalue weighted by molar-refractivity contribution is 5.71. The number of nitrogens with one attached hydrogen (secondary N) is 1. The van der Waals surface area contributed by atoms with Gasteiger partial charge in [-0.3, -0.25) is 0 Å². The highest BCUT2D eigenvalue weighted by atomic mass is 15.1. The second-order valence-corrected chi connectivity index (χ2v) is 4.33. The van der Waals surface area contributed by atoms with Crippen LogP contribution in [0.2, 0.25) is 0 Å². The number of anilines is 3. The normalized spacial score (nSPS) is 10.3. The Hall–Kier alpha value is -3.07. The molecule has 0 amide bonds. The number of rotatable bonds is 3. The van der Waals surface area contributed by atoms with Crippen molar-refractivity contribution in [2.45, 2.75) is 6.42 Å². The summed E-state index contributed by atoms with van der Waals surface area (Å²) in [7, 11) is 0. The molecule has 0 aliphatic carbocycles. The summed E-state index contributed by atoms with van der Waals surface area (Å²) in [5.74, 6) is 1.02. The number of nitrogens with two attached hydrogens (primary N) is 1. The monoisotopic (exact) mass is 264 g/mol. The van der Waals surface area contributed by atoms with E-state index in [1.165, 1.54) is 0 Å². The molecule has 20 heavy (non-hydrogen) atoms. The zero-order valence-corrected chi connectivity index (χ0v) is 10.6. The van der Waals surface area contributed by atoms with Crippen LogP contribution in [0.15, 0.2) is 42.9 Å². The quantitative estimate of drug-likeness (QED) is 0.756. The maximum Gasteiger partial charge on any atom is 0.180 e. The predicted octanol–water partition coefficient (Wildman–Crippen LogP) is 2.12. The van der Waals surface area contributed by atoms with E-state index in [1.807, 2.05) is 34.9 Å². The Labute approximate surface area is 115 Å². The first-order valence-corrected chi connectivity index (χ1v) is 6.08. The van der Waals surface area contributed by atoms with Crippen LogP contribution in [0.3, 0.4) is 0 Å². The SMILES string of the molecule is N#CCc1ccc(Nc2nc(N)cn3ccnc23)cc1. The van der Waals surface area contributed by atoms with Gasteiger partial charge in [-0.05, 0) is 17.7 Å². The molecule has 0 atom stereocenters. The molecule has 6 heteroatoms. The maximum atomic E-state index is 8.65. The minimum Gasteiger partial charge on any atom is -0.382 e. The second kappa shape index (κ2) is 4.90. The van der Waals surface area contributed by atoms with Gasteiger partial charge in [-0.15, -0.1) is 0 Å². The molecular formula is C14H12N6. The molecule has 3 rings (SSSR count). The molecule has 0 saturated carbocycles. The second-order valence-electron chi connectivity index (χ2n) is 4.33. The van der Waals surface area contributed by atoms with Gasteiger partial charge in [-0.2, -0.15) is 5.26 Å². The molecule has 0 unspecified atom stereocenters. The van der Waals surface area contributed by atoms with Crippen molar-refractivity contribution >= 4 is 23.0 Å². The molecule has 3 N–H and O–H groups in total. The van der Waals surface area contributed by atoms with Gasteiger partial charge in [0.25, 0.3) is 0 Å². The fourth-order valence-corrected chi connectivity index (χ4v) is 1.97. The minimum absolute atomic E-state index is 0.404. The summed E-state index contributed by atoms with van der Waals surface area (Å²) in [6, 6.07) is 9.73. The lowest BCUT2D eigenvalue weighted by atomic mass is 10.1. The first-order chi connectivity index (χ1) is 9.76. The van der Waals surface area contributed by atoms with Gasteiger partial charge in [0.15, 0.2) is 11.5 Å². The van der Waals surface area contributed by atoms with Crippen LogP contribution >= 0.6 is 0 Å². The lowest BCUT2D eigenvalue weighted by Gasteiger charge is -2.08. The van der Waals surface area contributed by atoms with Crippen molar-refractivity contribution in [3.8, 4) is 6.07 Å². The Bertz CT molecular complexity index is 782. The predicted molar refractivity (Wildman–Crippen MR) is 76.4 cm³/mol. The standard InChI is InChI=1S/C14H12N6/c15-6-5-10-1-3-11(4-2-10)18-13-14-17-7-8-20(14)9-12(16)19-13/h1-4,7-9H,5,16H2,(H,18,19). The largest absolute Gasteiger partial charge is 0.382 e. The fourth-order valence-electron chi connectivity index (χ4n) is 1.97. The number of nitriles is 1. The van der Waals surface area contributed by atoms with E-state index in [9.17, 15) is 0 Å². The van der Waals surface area contributed by atoms with Crippen molar-refractivity contribution in [3.63, 3.8) is 0 Å². The molecule has 0 spiro atoms. The van der Waals surface area contributed by atoms with Crippen LogP contribution in [0.1, 0.15) is 5.56 Å². The number of fused-ring (bicyclic) bond motifs is 1. The van der Waals surface area contributed by atoms with Crippen molar-refractivity contribution in [1.82, 2.24) is 14.4 Å². The van der Waals surface area contributed by atoms with Crippen LogP contribution in [-0.4, -0.2) is 14.4 Å². The molecule has 0 fully saturated rings. The summed E-state index contributed by atoms with van der Waals surface area (Å²) in [5, 5.41) is 11.8. The first-order valence-electron chi connectivity index (χ1n) is 6.08. The van der Waals surface area contributed by atoms with Gasteiger partial charge in [-0.25, -0.2) is 9.97 Å². The Kier molecular flexibility index (Phi) is 2.94. The van der Waals surface area contributed by atoms with Crippen LogP contribution in [0.5, 0.6) is 0 Å². The van der Waals surface area contributed by atoms with Gasteiger partial charge in [0.2, 0.25) is 0 Å². The van der Waals surface area contributed by atoms with E-state index in [2.05, 4.69) is 21.4 Å². The van der Waals surface area contributed by atoms with Crippen molar-refractivity contribution in [1.29, 1.82) is 5.26 Å². The molecule has 2 aromatic heterocycles. The Balaban J connectivity index is 1.93. The van der Waals surface area contributed by atoms with E-state index >= 15 is 0 Å². The summed E-state index contributed by atoms with van der Waals surface area (Å²) in [4.78, 5) is 8.50. The molecule has 0 aliphatic heterocycles. The Morgan fingerprint density at radius 1 is 1.30 bits per heavy atom. The van der Waals surface area contributed by atoms with Crippen molar-refractivity contribution in [2.24, 2.45) is 0 Å². The maximum absolute atomic E-state index is 8.65. The minimum atomic E-state index is 0.404. The molecule has 2 heterocycles. The summed E-state index contributed by atoms with van der Waals surface area (Å²) in [5.41, 5.74) is 8.32. The van der Waals surface area contributed by atoms with Crippen LogP contribution in [0.25, 0.3) is 5.65 Å². The average Bonchev–Trinajstić information content (AvgIpc) is 2.89. The molecule has 0 radical (unpaired) electrons.